The van der Waals surface area contributed by atoms with Crippen molar-refractivity contribution < 1.29 is 29.1 Å². The second-order valence-electron chi connectivity index (χ2n) is 12.1. The van der Waals surface area contributed by atoms with E-state index in [1.54, 1.807) is 5.38 Å². The van der Waals surface area contributed by atoms with Gasteiger partial charge in [-0.2, -0.15) is 0 Å². The quantitative estimate of drug-likeness (QED) is 0.0418. The van der Waals surface area contributed by atoms with Crippen LogP contribution >= 0.6 is 34.9 Å². The van der Waals surface area contributed by atoms with E-state index in [0.717, 1.165) is 33.2 Å². The Morgan fingerprint density at radius 2 is 1.62 bits per heavy atom. The molecule has 0 bridgehead atoms. The van der Waals surface area contributed by atoms with Crippen molar-refractivity contribution in [1.29, 1.82) is 0 Å². The molecule has 0 spiro atoms. The van der Waals surface area contributed by atoms with Crippen molar-refractivity contribution in [3.8, 4) is 0 Å². The van der Waals surface area contributed by atoms with Crippen LogP contribution in [0.2, 0.25) is 0 Å². The molecule has 1 fully saturated rings. The lowest BCUT2D eigenvalue weighted by Gasteiger charge is -2.49. The number of carbonyl (C=O) groups is 4. The number of nitrogens with one attached hydrogen (secondary N) is 3. The van der Waals surface area contributed by atoms with Crippen LogP contribution in [-0.4, -0.2) is 94.7 Å². The molecule has 0 aliphatic carbocycles. The highest BCUT2D eigenvalue weighted by atomic mass is 32.2. The Bertz CT molecular complexity index is 2190. The number of oxime groups is 1. The first-order valence-electron chi connectivity index (χ1n) is 16.6. The first-order valence-corrected chi connectivity index (χ1v) is 19.5. The number of amides is 3. The number of carboxylic acid groups (broad SMARTS) is 1. The monoisotopic (exact) mass is 796 g/mol. The van der Waals surface area contributed by atoms with E-state index >= 15 is 0 Å². The van der Waals surface area contributed by atoms with Gasteiger partial charge in [-0.15, -0.1) is 27.9 Å². The van der Waals surface area contributed by atoms with Gasteiger partial charge in [-0.05, 0) is 32.7 Å². The largest absolute Gasteiger partial charge is 0.477 e. The molecule has 2 atom stereocenters. The molecule has 2 aliphatic heterocycles. The number of aromatic nitrogens is 5. The minimum Gasteiger partial charge on any atom is -0.477 e. The molecule has 0 saturated carbocycles. The van der Waals surface area contributed by atoms with Crippen LogP contribution in [0.4, 0.5) is 5.13 Å². The van der Waals surface area contributed by atoms with Crippen LogP contribution in [0.5, 0.6) is 0 Å². The normalized spacial score (nSPS) is 16.9. The van der Waals surface area contributed by atoms with Crippen LogP contribution in [0.3, 0.4) is 0 Å². The van der Waals surface area contributed by atoms with Gasteiger partial charge in [0.25, 0.3) is 11.8 Å². The average molecular weight is 797 g/mol. The number of hydrogen-bond acceptors (Lipinski definition) is 14. The maximum atomic E-state index is 13.8. The van der Waals surface area contributed by atoms with Gasteiger partial charge in [0.05, 0.1) is 0 Å². The molecular formula is C36H32N10O6S3. The summed E-state index contributed by atoms with van der Waals surface area (Å²) < 4.78 is 0. The van der Waals surface area contributed by atoms with E-state index in [4.69, 9.17) is 9.82 Å². The number of carbonyl (C=O) groups excluding carboxylic acids is 3. The predicted molar refractivity (Wildman–Crippen MR) is 207 cm³/mol. The zero-order chi connectivity index (χ0) is 38.5. The summed E-state index contributed by atoms with van der Waals surface area (Å²) in [5, 5.41) is 33.4. The molecule has 16 nitrogen and oxygen atoms in total. The molecule has 280 valence electrons. The fourth-order valence-electron chi connectivity index (χ4n) is 6.32. The van der Waals surface area contributed by atoms with Crippen molar-refractivity contribution >= 4 is 69.4 Å². The Hall–Kier alpha value is -6.05. The Morgan fingerprint density at radius 1 is 1.00 bits per heavy atom. The van der Waals surface area contributed by atoms with Gasteiger partial charge >= 0.3 is 5.97 Å². The third kappa shape index (κ3) is 7.40. The number of aliphatic carboxylic acids is 1. The third-order valence-corrected chi connectivity index (χ3v) is 11.8. The van der Waals surface area contributed by atoms with E-state index in [-0.39, 0.29) is 33.8 Å². The fraction of sp³-hybridized carbons (Fsp3) is 0.194. The van der Waals surface area contributed by atoms with Gasteiger partial charge < -0.3 is 20.6 Å². The number of anilines is 1. The third-order valence-electron chi connectivity index (χ3n) is 8.68. The van der Waals surface area contributed by atoms with Gasteiger partial charge in [0.2, 0.25) is 11.1 Å². The zero-order valence-electron chi connectivity index (χ0n) is 29.2. The number of rotatable bonds is 14. The van der Waals surface area contributed by atoms with Crippen molar-refractivity contribution in [3.63, 3.8) is 0 Å². The van der Waals surface area contributed by atoms with Crippen molar-refractivity contribution in [3.05, 3.63) is 130 Å². The smallest absolute Gasteiger partial charge is 0.352 e. The highest BCUT2D eigenvalue weighted by Crippen LogP contribution is 2.42. The summed E-state index contributed by atoms with van der Waals surface area (Å²) in [7, 11) is 1.30. The van der Waals surface area contributed by atoms with Crippen LogP contribution in [0.25, 0.3) is 0 Å². The summed E-state index contributed by atoms with van der Waals surface area (Å²) in [6, 6.07) is 28.9. The fourth-order valence-corrected chi connectivity index (χ4v) is 9.39. The van der Waals surface area contributed by atoms with Gasteiger partial charge in [0.1, 0.15) is 35.5 Å². The van der Waals surface area contributed by atoms with Gasteiger partial charge in [-0.1, -0.05) is 113 Å². The molecule has 3 amide bonds. The highest BCUT2D eigenvalue weighted by Gasteiger charge is 2.54. The van der Waals surface area contributed by atoms with Gasteiger partial charge in [0.15, 0.2) is 10.8 Å². The lowest BCUT2D eigenvalue weighted by Crippen LogP contribution is -2.71. The topological polar surface area (TPSA) is 206 Å². The maximum Gasteiger partial charge on any atom is 0.352 e. The maximum absolute atomic E-state index is 13.8. The molecule has 5 aromatic rings. The number of thioether (sulfide) groups is 2. The number of hydrogen-bond donors (Lipinski definition) is 4. The molecule has 3 aromatic carbocycles. The molecular weight excluding hydrogens is 765 g/mol. The SMILES string of the molecule is CO/N=C(/C(=O)N[C@@H]1C(=O)N2C(C(=O)O)=C(CSc3nnnn3NC(C)=O)CS[C@H]12)c1csc(NC(c2ccccc2)(c2ccccc2)c2ccccc2)n1. The van der Waals surface area contributed by atoms with Crippen molar-refractivity contribution in [2.45, 2.75) is 29.0 Å². The van der Waals surface area contributed by atoms with E-state index in [1.165, 1.54) is 42.0 Å². The highest BCUT2D eigenvalue weighted by molar-refractivity contribution is 8.01. The molecule has 4 N–H and O–H groups in total. The van der Waals surface area contributed by atoms with Gasteiger partial charge in [-0.3, -0.25) is 19.3 Å². The molecule has 1 saturated heterocycles. The molecule has 2 aromatic heterocycles. The molecule has 55 heavy (non-hydrogen) atoms. The molecule has 7 rings (SSSR count). The number of nitrogens with zero attached hydrogens (tertiary/aromatic N) is 7. The number of tetrazole rings is 1. The number of carboxylic acids is 1. The second-order valence-corrected chi connectivity index (χ2v) is 15.0. The first kappa shape index (κ1) is 37.3. The molecule has 2 aliphatic rings. The summed E-state index contributed by atoms with van der Waals surface area (Å²) in [5.74, 6) is -2.61. The minimum atomic E-state index is -1.29. The van der Waals surface area contributed by atoms with E-state index in [0.29, 0.717) is 10.7 Å². The van der Waals surface area contributed by atoms with E-state index in [1.807, 2.05) is 91.0 Å². The van der Waals surface area contributed by atoms with Crippen LogP contribution in [-0.2, 0) is 29.6 Å². The summed E-state index contributed by atoms with van der Waals surface area (Å²) in [6.07, 6.45) is 0. The molecule has 0 unspecified atom stereocenters. The Balaban J connectivity index is 1.11. The lowest BCUT2D eigenvalue weighted by atomic mass is 9.77. The van der Waals surface area contributed by atoms with Crippen LogP contribution in [0.15, 0.2) is 118 Å². The van der Waals surface area contributed by atoms with E-state index in [2.05, 4.69) is 36.7 Å². The van der Waals surface area contributed by atoms with E-state index in [9.17, 15) is 24.3 Å². The summed E-state index contributed by atoms with van der Waals surface area (Å²) in [6.45, 7) is 1.30. The minimum absolute atomic E-state index is 0.132. The van der Waals surface area contributed by atoms with Crippen molar-refractivity contribution in [1.82, 2.24) is 35.5 Å². The second kappa shape index (κ2) is 16.1. The number of β-lactam (4-membered cyclic amide) rings is 1. The average Bonchev–Trinajstić information content (AvgIpc) is 3.86. The Morgan fingerprint density at radius 3 is 2.18 bits per heavy atom. The van der Waals surface area contributed by atoms with Crippen LogP contribution < -0.4 is 16.1 Å². The summed E-state index contributed by atoms with van der Waals surface area (Å²) >= 11 is 3.68. The van der Waals surface area contributed by atoms with Crippen LogP contribution in [0, 0.1) is 0 Å². The summed E-state index contributed by atoms with van der Waals surface area (Å²) in [5.41, 5.74) is 4.80. The predicted octanol–water partition coefficient (Wildman–Crippen LogP) is 3.51. The molecule has 4 heterocycles. The molecule has 0 radical (unpaired) electrons. The summed E-state index contributed by atoms with van der Waals surface area (Å²) in [4.78, 5) is 63.3. The number of benzene rings is 3. The van der Waals surface area contributed by atoms with Gasteiger partial charge in [-0.25, -0.2) is 15.2 Å². The Labute approximate surface area is 326 Å². The first-order chi connectivity index (χ1) is 26.7. The van der Waals surface area contributed by atoms with Crippen molar-refractivity contribution in [2.75, 3.05) is 29.4 Å². The Kier molecular flexibility index (Phi) is 10.9. The molecule has 19 heteroatoms. The number of fused-ring (bicyclic) bond motifs is 1. The van der Waals surface area contributed by atoms with Crippen LogP contribution in [0.1, 0.15) is 29.3 Å². The lowest BCUT2D eigenvalue weighted by molar-refractivity contribution is -0.150. The zero-order valence-corrected chi connectivity index (χ0v) is 31.6. The standard InChI is InChI=1S/C36H32N10O6S3/c1-21(47)41-46-35(40-43-44-46)55-19-22-18-53-32-28(31(49)45(32)29(22)33(50)51)38-30(48)27(42-52-2)26-20-54-34(37-26)39-36(23-12-6-3-7-13-23,24-14-8-4-9-15-24)25-16-10-5-11-17-25/h3-17,20,28,32H,18-19H2,1-2H3,(H,37,39)(H,38,48)(H,41,47)(H,50,51)/b42-27+/t28-,32-/m1/s1. The number of thiazole rings is 1. The van der Waals surface area contributed by atoms with E-state index < -0.39 is 40.6 Å². The van der Waals surface area contributed by atoms with Gasteiger partial charge in [0, 0.05) is 23.8 Å². The van der Waals surface area contributed by atoms with Crippen molar-refractivity contribution in [2.24, 2.45) is 5.16 Å².